The van der Waals surface area contributed by atoms with E-state index in [-0.39, 0.29) is 0 Å². The molecule has 0 atom stereocenters. The number of methoxy groups -OCH3 is 1. The molecule has 0 aliphatic carbocycles. The Morgan fingerprint density at radius 2 is 2.07 bits per heavy atom. The molecule has 0 aliphatic heterocycles. The van der Waals surface area contributed by atoms with Gasteiger partial charge in [-0.2, -0.15) is 0 Å². The third-order valence-electron chi connectivity index (χ3n) is 2.54. The first-order chi connectivity index (χ1) is 7.19. The highest BCUT2D eigenvalue weighted by Gasteiger charge is 2.07. The first-order valence-electron chi connectivity index (χ1n) is 5.56. The molecule has 0 saturated carbocycles. The largest absolute Gasteiger partial charge is 0.497 e. The lowest BCUT2D eigenvalue weighted by molar-refractivity contribution is 0.413. The highest BCUT2D eigenvalue weighted by molar-refractivity contribution is 5.37. The minimum atomic E-state index is 0.560. The number of ether oxygens (including phenoxy) is 1. The van der Waals surface area contributed by atoms with E-state index < -0.39 is 0 Å². The Labute approximate surface area is 92.6 Å². The van der Waals surface area contributed by atoms with Crippen molar-refractivity contribution in [2.75, 3.05) is 13.7 Å². The molecule has 2 heteroatoms. The predicted octanol–water partition coefficient (Wildman–Crippen LogP) is 2.93. The average molecular weight is 207 g/mol. The highest BCUT2D eigenvalue weighted by atomic mass is 16.5. The fraction of sp³-hybridized carbons (Fsp3) is 0.538. The van der Waals surface area contributed by atoms with Gasteiger partial charge in [0.05, 0.1) is 7.11 Å². The van der Waals surface area contributed by atoms with Gasteiger partial charge in [0.2, 0.25) is 0 Å². The molecule has 0 bridgehead atoms. The van der Waals surface area contributed by atoms with E-state index in [1.807, 2.05) is 6.07 Å². The van der Waals surface area contributed by atoms with Crippen LogP contribution in [-0.2, 0) is 6.54 Å². The second-order valence-corrected chi connectivity index (χ2v) is 4.00. The van der Waals surface area contributed by atoms with Crippen molar-refractivity contribution < 1.29 is 4.74 Å². The second kappa shape index (κ2) is 5.76. The summed E-state index contributed by atoms with van der Waals surface area (Å²) < 4.78 is 5.24. The van der Waals surface area contributed by atoms with Gasteiger partial charge in [-0.1, -0.05) is 26.8 Å². The van der Waals surface area contributed by atoms with Crippen LogP contribution in [0.2, 0.25) is 0 Å². The smallest absolute Gasteiger partial charge is 0.119 e. The van der Waals surface area contributed by atoms with E-state index in [1.165, 1.54) is 11.1 Å². The molecule has 1 aromatic rings. The van der Waals surface area contributed by atoms with E-state index >= 15 is 0 Å². The number of rotatable bonds is 5. The van der Waals surface area contributed by atoms with Gasteiger partial charge in [0.15, 0.2) is 0 Å². The Bertz CT molecular complexity index is 307. The third-order valence-corrected chi connectivity index (χ3v) is 2.54. The van der Waals surface area contributed by atoms with Crippen molar-refractivity contribution in [3.8, 4) is 5.75 Å². The van der Waals surface area contributed by atoms with Crippen LogP contribution in [-0.4, -0.2) is 13.7 Å². The Balaban J connectivity index is 2.94. The summed E-state index contributed by atoms with van der Waals surface area (Å²) in [5, 5.41) is 3.36. The monoisotopic (exact) mass is 207 g/mol. The topological polar surface area (TPSA) is 21.3 Å². The number of benzene rings is 1. The minimum absolute atomic E-state index is 0.560. The Morgan fingerprint density at radius 3 is 2.60 bits per heavy atom. The maximum Gasteiger partial charge on any atom is 0.119 e. The zero-order chi connectivity index (χ0) is 11.3. The Morgan fingerprint density at radius 1 is 1.33 bits per heavy atom. The molecule has 0 aromatic heterocycles. The van der Waals surface area contributed by atoms with Crippen LogP contribution in [0.3, 0.4) is 0 Å². The molecule has 15 heavy (non-hydrogen) atoms. The Hall–Kier alpha value is -1.02. The molecular weight excluding hydrogens is 186 g/mol. The molecule has 0 unspecified atom stereocenters. The van der Waals surface area contributed by atoms with Gasteiger partial charge in [0.25, 0.3) is 0 Å². The van der Waals surface area contributed by atoms with Crippen LogP contribution in [0.5, 0.6) is 5.75 Å². The molecule has 2 nitrogen and oxygen atoms in total. The van der Waals surface area contributed by atoms with E-state index in [9.17, 15) is 0 Å². The molecule has 84 valence electrons. The molecule has 0 radical (unpaired) electrons. The molecule has 0 saturated heterocycles. The van der Waals surface area contributed by atoms with E-state index in [2.05, 4.69) is 38.2 Å². The minimum Gasteiger partial charge on any atom is -0.497 e. The summed E-state index contributed by atoms with van der Waals surface area (Å²) in [5.74, 6) is 1.50. The summed E-state index contributed by atoms with van der Waals surface area (Å²) in [6, 6.07) is 6.32. The molecular formula is C13H21NO. The number of hydrogen-bond acceptors (Lipinski definition) is 2. The van der Waals surface area contributed by atoms with Crippen LogP contribution < -0.4 is 10.1 Å². The van der Waals surface area contributed by atoms with Crippen molar-refractivity contribution in [1.82, 2.24) is 5.32 Å². The first-order valence-corrected chi connectivity index (χ1v) is 5.56. The lowest BCUT2D eigenvalue weighted by Crippen LogP contribution is -2.13. The fourth-order valence-electron chi connectivity index (χ4n) is 1.69. The SMILES string of the molecule is CCNCc1cc(OC)ccc1C(C)C. The van der Waals surface area contributed by atoms with Gasteiger partial charge < -0.3 is 10.1 Å². The fourth-order valence-corrected chi connectivity index (χ4v) is 1.69. The van der Waals surface area contributed by atoms with Gasteiger partial charge in [-0.15, -0.1) is 0 Å². The summed E-state index contributed by atoms with van der Waals surface area (Å²) >= 11 is 0. The molecule has 1 rings (SSSR count). The van der Waals surface area contributed by atoms with Crippen molar-refractivity contribution >= 4 is 0 Å². The summed E-state index contributed by atoms with van der Waals surface area (Å²) in [5.41, 5.74) is 2.74. The predicted molar refractivity (Wildman–Crippen MR) is 64.5 cm³/mol. The third kappa shape index (κ3) is 3.24. The first kappa shape index (κ1) is 12.1. The van der Waals surface area contributed by atoms with Gasteiger partial charge in [-0.25, -0.2) is 0 Å². The van der Waals surface area contributed by atoms with Gasteiger partial charge in [0.1, 0.15) is 5.75 Å². The number of hydrogen-bond donors (Lipinski definition) is 1. The van der Waals surface area contributed by atoms with Gasteiger partial charge in [0, 0.05) is 6.54 Å². The molecule has 0 heterocycles. The quantitative estimate of drug-likeness (QED) is 0.801. The maximum absolute atomic E-state index is 5.24. The van der Waals surface area contributed by atoms with Crippen LogP contribution in [0, 0.1) is 0 Å². The molecule has 0 aliphatic rings. The maximum atomic E-state index is 5.24. The van der Waals surface area contributed by atoms with E-state index in [0.717, 1.165) is 18.8 Å². The second-order valence-electron chi connectivity index (χ2n) is 4.00. The normalized spacial score (nSPS) is 10.7. The van der Waals surface area contributed by atoms with Crippen LogP contribution in [0.25, 0.3) is 0 Å². The summed E-state index contributed by atoms with van der Waals surface area (Å²) in [7, 11) is 1.71. The van der Waals surface area contributed by atoms with Gasteiger partial charge in [-0.05, 0) is 35.7 Å². The Kier molecular flexibility index (Phi) is 4.63. The average Bonchev–Trinajstić information content (AvgIpc) is 2.25. The molecule has 1 aromatic carbocycles. The van der Waals surface area contributed by atoms with Crippen LogP contribution in [0.4, 0.5) is 0 Å². The van der Waals surface area contributed by atoms with Crippen molar-refractivity contribution in [1.29, 1.82) is 0 Å². The van der Waals surface area contributed by atoms with Gasteiger partial charge >= 0.3 is 0 Å². The summed E-state index contributed by atoms with van der Waals surface area (Å²) in [6.45, 7) is 8.47. The van der Waals surface area contributed by atoms with Crippen molar-refractivity contribution in [2.24, 2.45) is 0 Å². The molecule has 0 amide bonds. The number of nitrogens with one attached hydrogen (secondary N) is 1. The standard InChI is InChI=1S/C13H21NO/c1-5-14-9-11-8-12(15-4)6-7-13(11)10(2)3/h6-8,10,14H,5,9H2,1-4H3. The van der Waals surface area contributed by atoms with Crippen molar-refractivity contribution in [2.45, 2.75) is 33.2 Å². The zero-order valence-corrected chi connectivity index (χ0v) is 10.1. The van der Waals surface area contributed by atoms with E-state index in [0.29, 0.717) is 5.92 Å². The van der Waals surface area contributed by atoms with Crippen molar-refractivity contribution in [3.63, 3.8) is 0 Å². The molecule has 1 N–H and O–H groups in total. The van der Waals surface area contributed by atoms with E-state index in [1.54, 1.807) is 7.11 Å². The van der Waals surface area contributed by atoms with Crippen LogP contribution >= 0.6 is 0 Å². The van der Waals surface area contributed by atoms with E-state index in [4.69, 9.17) is 4.74 Å². The highest BCUT2D eigenvalue weighted by Crippen LogP contribution is 2.23. The van der Waals surface area contributed by atoms with Gasteiger partial charge in [-0.3, -0.25) is 0 Å². The van der Waals surface area contributed by atoms with Crippen LogP contribution in [0.1, 0.15) is 37.8 Å². The molecule has 0 spiro atoms. The van der Waals surface area contributed by atoms with Crippen molar-refractivity contribution in [3.05, 3.63) is 29.3 Å². The molecule has 0 fully saturated rings. The lowest BCUT2D eigenvalue weighted by atomic mass is 9.97. The van der Waals surface area contributed by atoms with Crippen LogP contribution in [0.15, 0.2) is 18.2 Å². The lowest BCUT2D eigenvalue weighted by Gasteiger charge is -2.14. The zero-order valence-electron chi connectivity index (χ0n) is 10.1. The summed E-state index contributed by atoms with van der Waals surface area (Å²) in [4.78, 5) is 0. The summed E-state index contributed by atoms with van der Waals surface area (Å²) in [6.07, 6.45) is 0.